The zero-order valence-electron chi connectivity index (χ0n) is 18.4. The first-order chi connectivity index (χ1) is 16.0. The zero-order valence-corrected chi connectivity index (χ0v) is 19.9. The van der Waals surface area contributed by atoms with Gasteiger partial charge in [0.15, 0.2) is 11.2 Å². The summed E-state index contributed by atoms with van der Waals surface area (Å²) < 4.78 is 4.70. The number of imidazole rings is 1. The van der Waals surface area contributed by atoms with E-state index in [1.807, 2.05) is 41.3 Å². The molecule has 174 valence electrons. The first kappa shape index (κ1) is 23.3. The Kier molecular flexibility index (Phi) is 7.35. The Morgan fingerprint density at radius 2 is 1.73 bits per heavy atom. The van der Waals surface area contributed by atoms with E-state index in [2.05, 4.69) is 22.0 Å². The normalized spacial score (nSPS) is 11.5. The summed E-state index contributed by atoms with van der Waals surface area (Å²) in [5, 5.41) is 5.23. The number of aromatic nitrogens is 6. The number of unbranched alkanes of at least 4 members (excludes halogenated alkanes) is 2. The Bertz CT molecular complexity index is 1350. The highest BCUT2D eigenvalue weighted by molar-refractivity contribution is 6.30. The van der Waals surface area contributed by atoms with Crippen LogP contribution in [0.2, 0.25) is 10.3 Å². The number of H-pyrrole nitrogens is 1. The van der Waals surface area contributed by atoms with E-state index in [9.17, 15) is 9.59 Å². The summed E-state index contributed by atoms with van der Waals surface area (Å²) in [4.78, 5) is 33.0. The molecule has 0 fully saturated rings. The number of hydrogen-bond donors (Lipinski definition) is 1. The van der Waals surface area contributed by atoms with Crippen LogP contribution < -0.4 is 11.2 Å². The minimum absolute atomic E-state index is 0.108. The van der Waals surface area contributed by atoms with Crippen LogP contribution >= 0.6 is 23.2 Å². The summed E-state index contributed by atoms with van der Waals surface area (Å²) >= 11 is 11.9. The first-order valence-corrected chi connectivity index (χ1v) is 11.9. The molecule has 0 unspecified atom stereocenters. The first-order valence-electron chi connectivity index (χ1n) is 11.1. The van der Waals surface area contributed by atoms with Gasteiger partial charge in [0.05, 0.1) is 12.7 Å². The number of fused-ring (bicyclic) bond motifs is 1. The highest BCUT2D eigenvalue weighted by Crippen LogP contribution is 2.13. The van der Waals surface area contributed by atoms with Gasteiger partial charge in [-0.2, -0.15) is 10.1 Å². The van der Waals surface area contributed by atoms with Crippen LogP contribution in [0.4, 0.5) is 0 Å². The lowest BCUT2D eigenvalue weighted by Crippen LogP contribution is -2.40. The molecule has 0 saturated heterocycles. The van der Waals surface area contributed by atoms with Crippen LogP contribution in [0.1, 0.15) is 43.7 Å². The summed E-state index contributed by atoms with van der Waals surface area (Å²) in [5.74, 6) is 0. The number of aromatic amines is 1. The average Bonchev–Trinajstić information content (AvgIpc) is 3.41. The van der Waals surface area contributed by atoms with Gasteiger partial charge in [0.1, 0.15) is 0 Å². The Labute approximate surface area is 200 Å². The van der Waals surface area contributed by atoms with E-state index in [1.54, 1.807) is 4.57 Å². The van der Waals surface area contributed by atoms with Crippen LogP contribution in [-0.2, 0) is 26.1 Å². The second kappa shape index (κ2) is 10.4. The number of aryl methyl sites for hydroxylation is 2. The molecule has 1 N–H and O–H groups in total. The molecule has 1 aromatic carbocycles. The van der Waals surface area contributed by atoms with Gasteiger partial charge in [-0.05, 0) is 54.1 Å². The maximum absolute atomic E-state index is 13.1. The molecular formula is C23H26Cl2N6O2. The van der Waals surface area contributed by atoms with Gasteiger partial charge in [0.2, 0.25) is 5.28 Å². The predicted octanol–water partition coefficient (Wildman–Crippen LogP) is 4.26. The molecule has 10 heteroatoms. The molecule has 33 heavy (non-hydrogen) atoms. The molecule has 0 atom stereocenters. The van der Waals surface area contributed by atoms with Crippen molar-refractivity contribution in [3.05, 3.63) is 78.9 Å². The highest BCUT2D eigenvalue weighted by atomic mass is 35.5. The van der Waals surface area contributed by atoms with Gasteiger partial charge in [0.25, 0.3) is 5.56 Å². The minimum atomic E-state index is -0.389. The summed E-state index contributed by atoms with van der Waals surface area (Å²) in [6, 6.07) is 7.66. The molecule has 0 saturated carbocycles. The Hall–Kier alpha value is -2.84. The Morgan fingerprint density at radius 3 is 2.48 bits per heavy atom. The van der Waals surface area contributed by atoms with Gasteiger partial charge in [-0.15, -0.1) is 0 Å². The fraction of sp³-hybridized carbons (Fsp3) is 0.391. The van der Waals surface area contributed by atoms with Gasteiger partial charge in [-0.1, -0.05) is 43.5 Å². The van der Waals surface area contributed by atoms with E-state index in [0.29, 0.717) is 43.1 Å². The third-order valence-corrected chi connectivity index (χ3v) is 6.04. The maximum atomic E-state index is 13.1. The van der Waals surface area contributed by atoms with Crippen molar-refractivity contribution >= 4 is 34.4 Å². The van der Waals surface area contributed by atoms with Crippen molar-refractivity contribution in [2.75, 3.05) is 0 Å². The van der Waals surface area contributed by atoms with Crippen LogP contribution in [0, 0.1) is 0 Å². The van der Waals surface area contributed by atoms with Crippen LogP contribution in [0.5, 0.6) is 0 Å². The molecule has 0 radical (unpaired) electrons. The van der Waals surface area contributed by atoms with Gasteiger partial charge >= 0.3 is 5.69 Å². The number of nitrogens with one attached hydrogen (secondary N) is 1. The van der Waals surface area contributed by atoms with Crippen molar-refractivity contribution in [3.8, 4) is 0 Å². The van der Waals surface area contributed by atoms with E-state index >= 15 is 0 Å². The smallest absolute Gasteiger partial charge is 0.323 e. The fourth-order valence-electron chi connectivity index (χ4n) is 3.90. The summed E-state index contributed by atoms with van der Waals surface area (Å²) in [6.07, 6.45) is 7.99. The van der Waals surface area contributed by atoms with Crippen LogP contribution in [0.25, 0.3) is 11.2 Å². The molecule has 8 nitrogen and oxygen atoms in total. The van der Waals surface area contributed by atoms with Crippen molar-refractivity contribution in [2.45, 2.75) is 58.7 Å². The number of rotatable bonds is 10. The molecule has 0 aliphatic heterocycles. The summed E-state index contributed by atoms with van der Waals surface area (Å²) in [6.45, 7) is 3.56. The molecule has 4 rings (SSSR count). The Balaban J connectivity index is 1.47. The highest BCUT2D eigenvalue weighted by Gasteiger charge is 2.16. The van der Waals surface area contributed by atoms with E-state index in [4.69, 9.17) is 23.2 Å². The van der Waals surface area contributed by atoms with Crippen LogP contribution in [0.15, 0.2) is 46.2 Å². The molecular weight excluding hydrogens is 463 g/mol. The van der Waals surface area contributed by atoms with Crippen molar-refractivity contribution in [2.24, 2.45) is 0 Å². The molecule has 0 amide bonds. The number of halogens is 2. The zero-order chi connectivity index (χ0) is 23.4. The van der Waals surface area contributed by atoms with Crippen LogP contribution in [0.3, 0.4) is 0 Å². The van der Waals surface area contributed by atoms with Crippen LogP contribution in [-0.4, -0.2) is 28.9 Å². The molecule has 0 aliphatic carbocycles. The second-order valence-corrected chi connectivity index (χ2v) is 8.89. The quantitative estimate of drug-likeness (QED) is 0.266. The average molecular weight is 489 g/mol. The summed E-state index contributed by atoms with van der Waals surface area (Å²) in [7, 11) is 0. The minimum Gasteiger partial charge on any atom is -0.323 e. The van der Waals surface area contributed by atoms with Crippen molar-refractivity contribution < 1.29 is 0 Å². The number of nitrogens with zero attached hydrogens (tertiary/aromatic N) is 5. The lowest BCUT2D eigenvalue weighted by atomic mass is 10.2. The topological polar surface area (TPSA) is 90.5 Å². The lowest BCUT2D eigenvalue weighted by Gasteiger charge is -2.11. The SMILES string of the molecule is CCCCCn1c(=O)n(CCCc2cnn(Cc3ccc(Cl)cc3)c2)c(=O)c2[nH]c(Cl)nc21. The van der Waals surface area contributed by atoms with E-state index in [0.717, 1.165) is 30.4 Å². The fourth-order valence-corrected chi connectivity index (χ4v) is 4.20. The van der Waals surface area contributed by atoms with E-state index in [-0.39, 0.29) is 22.0 Å². The second-order valence-electron chi connectivity index (χ2n) is 8.10. The van der Waals surface area contributed by atoms with Gasteiger partial charge in [-0.3, -0.25) is 18.6 Å². The van der Waals surface area contributed by atoms with Crippen molar-refractivity contribution in [1.82, 2.24) is 28.9 Å². The largest absolute Gasteiger partial charge is 0.332 e. The molecule has 4 aromatic rings. The molecule has 0 spiro atoms. The van der Waals surface area contributed by atoms with Crippen molar-refractivity contribution in [1.29, 1.82) is 0 Å². The monoisotopic (exact) mass is 488 g/mol. The third kappa shape index (κ3) is 5.39. The standard InChI is InChI=1S/C23H26Cl2N6O2/c1-2-3-4-11-30-20-19(27-22(25)28-20)21(32)31(23(30)33)12-5-6-17-13-26-29(15-17)14-16-7-9-18(24)10-8-16/h7-10,13,15H,2-6,11-12,14H2,1H3,(H,27,28). The van der Waals surface area contributed by atoms with Gasteiger partial charge in [0, 0.05) is 24.3 Å². The molecule has 0 aliphatic rings. The van der Waals surface area contributed by atoms with Gasteiger partial charge in [-0.25, -0.2) is 4.79 Å². The third-order valence-electron chi connectivity index (χ3n) is 5.61. The number of benzene rings is 1. The maximum Gasteiger partial charge on any atom is 0.332 e. The van der Waals surface area contributed by atoms with E-state index in [1.165, 1.54) is 4.57 Å². The molecule has 3 aromatic heterocycles. The summed E-state index contributed by atoms with van der Waals surface area (Å²) in [5.41, 5.74) is 2.02. The number of hydrogen-bond acceptors (Lipinski definition) is 4. The predicted molar refractivity (Wildman–Crippen MR) is 130 cm³/mol. The van der Waals surface area contributed by atoms with Gasteiger partial charge < -0.3 is 4.98 Å². The lowest BCUT2D eigenvalue weighted by molar-refractivity contribution is 0.526. The van der Waals surface area contributed by atoms with Crippen molar-refractivity contribution in [3.63, 3.8) is 0 Å². The molecule has 0 bridgehead atoms. The van der Waals surface area contributed by atoms with E-state index < -0.39 is 0 Å². The molecule has 3 heterocycles. The Morgan fingerprint density at radius 1 is 0.970 bits per heavy atom.